The van der Waals surface area contributed by atoms with Crippen molar-refractivity contribution >= 4 is 44.0 Å². The van der Waals surface area contributed by atoms with Crippen molar-refractivity contribution < 1.29 is 13.2 Å². The second kappa shape index (κ2) is 8.13. The van der Waals surface area contributed by atoms with Crippen LogP contribution in [0.15, 0.2) is 52.9 Å². The van der Waals surface area contributed by atoms with Gasteiger partial charge in [0, 0.05) is 17.1 Å². The number of hydrogen-bond acceptors (Lipinski definition) is 6. The Labute approximate surface area is 165 Å². The van der Waals surface area contributed by atoms with Crippen LogP contribution in [-0.4, -0.2) is 24.5 Å². The molecule has 10 heteroatoms. The summed E-state index contributed by atoms with van der Waals surface area (Å²) in [6, 6.07) is 13.8. The summed E-state index contributed by atoms with van der Waals surface area (Å²) in [4.78, 5) is 12.1. The zero-order valence-corrected chi connectivity index (χ0v) is 16.5. The second-order valence-electron chi connectivity index (χ2n) is 5.64. The Morgan fingerprint density at radius 1 is 1.07 bits per heavy atom. The van der Waals surface area contributed by atoms with Crippen LogP contribution in [0.2, 0.25) is 5.02 Å². The van der Waals surface area contributed by atoms with Crippen molar-refractivity contribution in [2.45, 2.75) is 17.8 Å². The predicted octanol–water partition coefficient (Wildman–Crippen LogP) is 3.23. The zero-order valence-electron chi connectivity index (χ0n) is 14.1. The molecule has 0 atom stereocenters. The van der Waals surface area contributed by atoms with E-state index in [-0.39, 0.29) is 16.0 Å². The minimum atomic E-state index is -3.83. The molecule has 0 saturated heterocycles. The van der Waals surface area contributed by atoms with Gasteiger partial charge in [-0.2, -0.15) is 0 Å². The second-order valence-corrected chi connectivity index (χ2v) is 9.00. The fraction of sp³-hybridized carbons (Fsp3) is 0.118. The Bertz CT molecular complexity index is 1050. The van der Waals surface area contributed by atoms with Crippen LogP contribution in [0, 0.1) is 6.92 Å². The minimum absolute atomic E-state index is 0.0886. The molecule has 0 aliphatic rings. The van der Waals surface area contributed by atoms with Gasteiger partial charge < -0.3 is 0 Å². The van der Waals surface area contributed by atoms with Gasteiger partial charge in [-0.1, -0.05) is 52.8 Å². The molecule has 3 aromatic rings. The highest BCUT2D eigenvalue weighted by Gasteiger charge is 2.21. The largest absolute Gasteiger partial charge is 0.296 e. The third kappa shape index (κ3) is 5.10. The van der Waals surface area contributed by atoms with E-state index < -0.39 is 15.9 Å². The molecule has 3 rings (SSSR count). The Morgan fingerprint density at radius 3 is 2.41 bits per heavy atom. The van der Waals surface area contributed by atoms with Gasteiger partial charge >= 0.3 is 0 Å². The van der Waals surface area contributed by atoms with Gasteiger partial charge in [-0.3, -0.25) is 10.1 Å². The SMILES string of the molecule is Cc1ccc(CNS(=O)(=O)c2nnc(NC(=O)c3ccc(Cl)cc3)s2)cc1. The van der Waals surface area contributed by atoms with Crippen molar-refractivity contribution in [3.8, 4) is 0 Å². The predicted molar refractivity (Wildman–Crippen MR) is 105 cm³/mol. The lowest BCUT2D eigenvalue weighted by molar-refractivity contribution is 0.102. The highest BCUT2D eigenvalue weighted by molar-refractivity contribution is 7.91. The molecule has 0 radical (unpaired) electrons. The number of anilines is 1. The normalized spacial score (nSPS) is 11.3. The van der Waals surface area contributed by atoms with Gasteiger partial charge in [-0.05, 0) is 36.8 Å². The molecule has 0 aliphatic heterocycles. The molecule has 1 aromatic heterocycles. The average molecular weight is 423 g/mol. The Kier molecular flexibility index (Phi) is 5.85. The lowest BCUT2D eigenvalue weighted by Crippen LogP contribution is -2.23. The highest BCUT2D eigenvalue weighted by atomic mass is 35.5. The third-order valence-corrected chi connectivity index (χ3v) is 6.41. The molecule has 140 valence electrons. The van der Waals surface area contributed by atoms with Crippen molar-refractivity contribution in [1.29, 1.82) is 0 Å². The lowest BCUT2D eigenvalue weighted by atomic mass is 10.2. The van der Waals surface area contributed by atoms with Gasteiger partial charge in [0.15, 0.2) is 0 Å². The molecule has 0 spiro atoms. The summed E-state index contributed by atoms with van der Waals surface area (Å²) in [6.07, 6.45) is 0. The highest BCUT2D eigenvalue weighted by Crippen LogP contribution is 2.21. The smallest absolute Gasteiger partial charge is 0.270 e. The topological polar surface area (TPSA) is 101 Å². The first-order valence-corrected chi connectivity index (χ1v) is 10.5. The van der Waals surface area contributed by atoms with Crippen LogP contribution in [0.5, 0.6) is 0 Å². The van der Waals surface area contributed by atoms with Gasteiger partial charge in [0.2, 0.25) is 9.47 Å². The van der Waals surface area contributed by atoms with E-state index in [0.717, 1.165) is 22.5 Å². The fourth-order valence-electron chi connectivity index (χ4n) is 2.09. The number of aryl methyl sites for hydroxylation is 1. The number of hydrogen-bond donors (Lipinski definition) is 2. The Balaban J connectivity index is 1.65. The summed E-state index contributed by atoms with van der Waals surface area (Å²) in [6.45, 7) is 2.09. The van der Waals surface area contributed by atoms with Crippen LogP contribution in [0.3, 0.4) is 0 Å². The minimum Gasteiger partial charge on any atom is -0.296 e. The van der Waals surface area contributed by atoms with E-state index in [0.29, 0.717) is 10.6 Å². The molecular weight excluding hydrogens is 408 g/mol. The molecule has 0 unspecified atom stereocenters. The molecule has 1 heterocycles. The number of benzene rings is 2. The molecule has 7 nitrogen and oxygen atoms in total. The molecule has 0 fully saturated rings. The number of nitrogens with one attached hydrogen (secondary N) is 2. The summed E-state index contributed by atoms with van der Waals surface area (Å²) in [5.41, 5.74) is 2.29. The summed E-state index contributed by atoms with van der Waals surface area (Å²) < 4.78 is 26.9. The van der Waals surface area contributed by atoms with Crippen molar-refractivity contribution in [2.24, 2.45) is 0 Å². The van der Waals surface area contributed by atoms with E-state index in [1.54, 1.807) is 24.3 Å². The molecule has 0 saturated carbocycles. The van der Waals surface area contributed by atoms with Crippen LogP contribution >= 0.6 is 22.9 Å². The van der Waals surface area contributed by atoms with Crippen LogP contribution in [0.25, 0.3) is 0 Å². The van der Waals surface area contributed by atoms with Gasteiger partial charge in [0.05, 0.1) is 0 Å². The number of carbonyl (C=O) groups is 1. The van der Waals surface area contributed by atoms with Crippen molar-refractivity contribution in [1.82, 2.24) is 14.9 Å². The quantitative estimate of drug-likeness (QED) is 0.594. The average Bonchev–Trinajstić information content (AvgIpc) is 3.11. The standard InChI is InChI=1S/C17H15ClN4O3S2/c1-11-2-4-12(5-3-11)10-19-27(24,25)17-22-21-16(26-17)20-15(23)13-6-8-14(18)9-7-13/h2-9,19H,10H2,1H3,(H,20,21,23). The van der Waals surface area contributed by atoms with Gasteiger partial charge in [0.1, 0.15) is 0 Å². The number of amides is 1. The fourth-order valence-corrected chi connectivity index (χ4v) is 4.16. The maximum Gasteiger partial charge on any atom is 0.270 e. The summed E-state index contributed by atoms with van der Waals surface area (Å²) >= 11 is 6.56. The van der Waals surface area contributed by atoms with E-state index in [2.05, 4.69) is 20.2 Å². The molecule has 27 heavy (non-hydrogen) atoms. The molecule has 1 amide bonds. The van der Waals surface area contributed by atoms with E-state index in [9.17, 15) is 13.2 Å². The van der Waals surface area contributed by atoms with Crippen molar-refractivity contribution in [3.05, 3.63) is 70.2 Å². The Hall–Kier alpha value is -2.33. The third-order valence-electron chi connectivity index (χ3n) is 3.55. The van der Waals surface area contributed by atoms with Crippen molar-refractivity contribution in [2.75, 3.05) is 5.32 Å². The van der Waals surface area contributed by atoms with Crippen LogP contribution in [-0.2, 0) is 16.6 Å². The van der Waals surface area contributed by atoms with Crippen LogP contribution in [0.4, 0.5) is 5.13 Å². The first kappa shape index (κ1) is 19.4. The number of aromatic nitrogens is 2. The monoisotopic (exact) mass is 422 g/mol. The number of sulfonamides is 1. The molecule has 2 aromatic carbocycles. The summed E-state index contributed by atoms with van der Waals surface area (Å²) in [7, 11) is -3.83. The van der Waals surface area contributed by atoms with Crippen LogP contribution < -0.4 is 10.0 Å². The lowest BCUT2D eigenvalue weighted by Gasteiger charge is -2.04. The summed E-state index contributed by atoms with van der Waals surface area (Å²) in [5, 5.41) is 10.5. The maximum atomic E-state index is 12.3. The van der Waals surface area contributed by atoms with Gasteiger partial charge in [0.25, 0.3) is 15.9 Å². The van der Waals surface area contributed by atoms with Crippen molar-refractivity contribution in [3.63, 3.8) is 0 Å². The molecule has 0 aliphatic carbocycles. The number of nitrogens with zero attached hydrogens (tertiary/aromatic N) is 2. The first-order chi connectivity index (χ1) is 12.8. The Morgan fingerprint density at radius 2 is 1.74 bits per heavy atom. The maximum absolute atomic E-state index is 12.3. The molecular formula is C17H15ClN4O3S2. The number of rotatable bonds is 6. The van der Waals surface area contributed by atoms with Gasteiger partial charge in [-0.25, -0.2) is 13.1 Å². The zero-order chi connectivity index (χ0) is 19.4. The first-order valence-electron chi connectivity index (χ1n) is 7.79. The van der Waals surface area contributed by atoms with E-state index in [1.807, 2.05) is 31.2 Å². The van der Waals surface area contributed by atoms with E-state index in [4.69, 9.17) is 11.6 Å². The number of halogens is 1. The van der Waals surface area contributed by atoms with Crippen LogP contribution in [0.1, 0.15) is 21.5 Å². The van der Waals surface area contributed by atoms with E-state index >= 15 is 0 Å². The summed E-state index contributed by atoms with van der Waals surface area (Å²) in [5.74, 6) is -0.431. The number of carbonyl (C=O) groups excluding carboxylic acids is 1. The van der Waals surface area contributed by atoms with Gasteiger partial charge in [-0.15, -0.1) is 10.2 Å². The molecule has 0 bridgehead atoms. The van der Waals surface area contributed by atoms with E-state index in [1.165, 1.54) is 0 Å². The molecule has 2 N–H and O–H groups in total.